The van der Waals surface area contributed by atoms with Gasteiger partial charge >= 0.3 is 0 Å². The van der Waals surface area contributed by atoms with Crippen LogP contribution in [0.1, 0.15) is 11.1 Å². The van der Waals surface area contributed by atoms with Crippen LogP contribution in [0.2, 0.25) is 0 Å². The van der Waals surface area contributed by atoms with Gasteiger partial charge in [0, 0.05) is 12.2 Å². The average molecular weight is 366 g/mol. The Morgan fingerprint density at radius 1 is 1.00 bits per heavy atom. The van der Waals surface area contributed by atoms with E-state index in [2.05, 4.69) is 33.8 Å². The van der Waals surface area contributed by atoms with Crippen molar-refractivity contribution in [3.63, 3.8) is 0 Å². The van der Waals surface area contributed by atoms with Gasteiger partial charge in [-0.25, -0.2) is 0 Å². The Labute approximate surface area is 162 Å². The van der Waals surface area contributed by atoms with Crippen molar-refractivity contribution in [2.75, 3.05) is 11.9 Å². The second kappa shape index (κ2) is 8.14. The van der Waals surface area contributed by atoms with Crippen LogP contribution in [0.25, 0.3) is 11.0 Å². The standard InChI is InChI=1S/C22H18N6/c23-16-18-9-6-10-19(15-18)25-22(24-14-13-17-7-2-1-3-8-17)28-21-12-5-4-11-20(21)26-27-28/h1-12,15H,13-14H2,(H,24,25). The summed E-state index contributed by atoms with van der Waals surface area (Å²) in [4.78, 5) is 4.75. The van der Waals surface area contributed by atoms with Gasteiger partial charge in [-0.15, -0.1) is 5.10 Å². The molecule has 0 aliphatic rings. The first-order chi connectivity index (χ1) is 13.8. The van der Waals surface area contributed by atoms with Crippen molar-refractivity contribution in [2.24, 2.45) is 4.99 Å². The van der Waals surface area contributed by atoms with Gasteiger partial charge in [0.2, 0.25) is 5.96 Å². The number of rotatable bonds is 4. The molecule has 0 saturated carbocycles. The highest BCUT2D eigenvalue weighted by Gasteiger charge is 2.10. The van der Waals surface area contributed by atoms with Gasteiger partial charge < -0.3 is 5.32 Å². The predicted molar refractivity (Wildman–Crippen MR) is 110 cm³/mol. The molecule has 28 heavy (non-hydrogen) atoms. The summed E-state index contributed by atoms with van der Waals surface area (Å²) in [5, 5.41) is 20.9. The minimum atomic E-state index is 0.569. The van der Waals surface area contributed by atoms with E-state index in [1.807, 2.05) is 54.6 Å². The lowest BCUT2D eigenvalue weighted by molar-refractivity contribution is 0.843. The second-order valence-electron chi connectivity index (χ2n) is 6.25. The molecule has 0 bridgehead atoms. The second-order valence-corrected chi connectivity index (χ2v) is 6.25. The molecule has 0 atom stereocenters. The van der Waals surface area contributed by atoms with Crippen LogP contribution in [0.4, 0.5) is 5.69 Å². The Kier molecular flexibility index (Phi) is 5.07. The van der Waals surface area contributed by atoms with Gasteiger partial charge in [0.1, 0.15) is 5.52 Å². The number of para-hydroxylation sites is 1. The number of nitriles is 1. The number of aliphatic imine (C=N–C) groups is 1. The fourth-order valence-electron chi connectivity index (χ4n) is 2.92. The van der Waals surface area contributed by atoms with Gasteiger partial charge in [-0.05, 0) is 42.3 Å². The van der Waals surface area contributed by atoms with Gasteiger partial charge in [0.05, 0.1) is 17.1 Å². The maximum Gasteiger partial charge on any atom is 0.225 e. The quantitative estimate of drug-likeness (QED) is 0.439. The molecule has 3 aromatic carbocycles. The fourth-order valence-corrected chi connectivity index (χ4v) is 2.92. The molecule has 6 heteroatoms. The van der Waals surface area contributed by atoms with Crippen LogP contribution in [0.15, 0.2) is 83.9 Å². The molecule has 0 fully saturated rings. The van der Waals surface area contributed by atoms with Gasteiger partial charge in [-0.1, -0.05) is 53.7 Å². The molecule has 0 amide bonds. The summed E-state index contributed by atoms with van der Waals surface area (Å²) in [6.07, 6.45) is 0.816. The smallest absolute Gasteiger partial charge is 0.225 e. The molecule has 0 aliphatic heterocycles. The van der Waals surface area contributed by atoms with Crippen LogP contribution >= 0.6 is 0 Å². The first-order valence-corrected chi connectivity index (χ1v) is 9.00. The van der Waals surface area contributed by atoms with E-state index in [9.17, 15) is 0 Å². The largest absolute Gasteiger partial charge is 0.324 e. The molecule has 6 nitrogen and oxygen atoms in total. The number of aromatic nitrogens is 3. The van der Waals surface area contributed by atoms with Crippen molar-refractivity contribution in [3.8, 4) is 6.07 Å². The number of fused-ring (bicyclic) bond motifs is 1. The summed E-state index contributed by atoms with van der Waals surface area (Å²) in [6, 6.07) is 27.4. The molecule has 0 radical (unpaired) electrons. The van der Waals surface area contributed by atoms with E-state index in [4.69, 9.17) is 10.3 Å². The Hall–Kier alpha value is -3.98. The number of nitrogens with zero attached hydrogens (tertiary/aromatic N) is 5. The molecule has 136 valence electrons. The summed E-state index contributed by atoms with van der Waals surface area (Å²) in [5.74, 6) is 0.569. The van der Waals surface area contributed by atoms with E-state index in [1.54, 1.807) is 16.8 Å². The molecule has 0 spiro atoms. The third kappa shape index (κ3) is 3.89. The highest BCUT2D eigenvalue weighted by molar-refractivity contribution is 5.99. The van der Waals surface area contributed by atoms with Gasteiger partial charge in [0.25, 0.3) is 0 Å². The van der Waals surface area contributed by atoms with Gasteiger partial charge in [-0.2, -0.15) is 9.94 Å². The first kappa shape index (κ1) is 17.4. The van der Waals surface area contributed by atoms with Crippen molar-refractivity contribution in [1.29, 1.82) is 5.26 Å². The lowest BCUT2D eigenvalue weighted by atomic mass is 10.2. The summed E-state index contributed by atoms with van der Waals surface area (Å²) in [6.45, 7) is 0.596. The van der Waals surface area contributed by atoms with Crippen molar-refractivity contribution in [3.05, 3.63) is 90.0 Å². The van der Waals surface area contributed by atoms with E-state index >= 15 is 0 Å². The van der Waals surface area contributed by atoms with E-state index < -0.39 is 0 Å². The minimum Gasteiger partial charge on any atom is -0.324 e. The zero-order valence-electron chi connectivity index (χ0n) is 15.2. The van der Waals surface area contributed by atoms with Crippen LogP contribution < -0.4 is 5.32 Å². The van der Waals surface area contributed by atoms with Gasteiger partial charge in [0.15, 0.2) is 0 Å². The van der Waals surface area contributed by atoms with Crippen LogP contribution in [-0.4, -0.2) is 27.5 Å². The molecule has 0 unspecified atom stereocenters. The number of hydrogen-bond acceptors (Lipinski definition) is 4. The van der Waals surface area contributed by atoms with Crippen LogP contribution in [0.5, 0.6) is 0 Å². The highest BCUT2D eigenvalue weighted by atomic mass is 15.5. The number of benzene rings is 3. The zero-order chi connectivity index (χ0) is 19.2. The summed E-state index contributed by atoms with van der Waals surface area (Å²) in [5.41, 5.74) is 4.24. The van der Waals surface area contributed by atoms with Crippen LogP contribution in [-0.2, 0) is 6.42 Å². The predicted octanol–water partition coefficient (Wildman–Crippen LogP) is 3.86. The molecule has 0 saturated heterocycles. The highest BCUT2D eigenvalue weighted by Crippen LogP contribution is 2.14. The molecule has 1 aromatic heterocycles. The maximum absolute atomic E-state index is 9.15. The van der Waals surface area contributed by atoms with Crippen molar-refractivity contribution in [2.45, 2.75) is 6.42 Å². The molecule has 0 aliphatic carbocycles. The van der Waals surface area contributed by atoms with Crippen molar-refractivity contribution < 1.29 is 0 Å². The normalized spacial score (nSPS) is 11.3. The van der Waals surface area contributed by atoms with E-state index in [-0.39, 0.29) is 0 Å². The topological polar surface area (TPSA) is 78.9 Å². The SMILES string of the molecule is N#Cc1cccc(NC(=NCCc2ccccc2)n2nnc3ccccc32)c1. The average Bonchev–Trinajstić information content (AvgIpc) is 3.18. The summed E-state index contributed by atoms with van der Waals surface area (Å²) < 4.78 is 1.69. The van der Waals surface area contributed by atoms with Crippen LogP contribution in [0.3, 0.4) is 0 Å². The summed E-state index contributed by atoms with van der Waals surface area (Å²) >= 11 is 0. The Balaban J connectivity index is 1.66. The Bertz CT molecular complexity index is 1150. The fraction of sp³-hybridized carbons (Fsp3) is 0.0909. The lowest BCUT2D eigenvalue weighted by Crippen LogP contribution is -2.24. The number of anilines is 1. The van der Waals surface area contributed by atoms with E-state index in [0.717, 1.165) is 23.1 Å². The number of hydrogen-bond donors (Lipinski definition) is 1. The zero-order valence-corrected chi connectivity index (χ0v) is 15.2. The molecule has 1 heterocycles. The third-order valence-electron chi connectivity index (χ3n) is 4.31. The number of nitrogens with one attached hydrogen (secondary N) is 1. The third-order valence-corrected chi connectivity index (χ3v) is 4.31. The van der Waals surface area contributed by atoms with E-state index in [0.29, 0.717) is 18.1 Å². The Morgan fingerprint density at radius 2 is 1.82 bits per heavy atom. The molecular weight excluding hydrogens is 348 g/mol. The molecule has 1 N–H and O–H groups in total. The van der Waals surface area contributed by atoms with Crippen molar-refractivity contribution >= 4 is 22.7 Å². The Morgan fingerprint density at radius 3 is 2.68 bits per heavy atom. The molecular formula is C22H18N6. The van der Waals surface area contributed by atoms with Crippen LogP contribution in [0, 0.1) is 11.3 Å². The molecule has 4 aromatic rings. The lowest BCUT2D eigenvalue weighted by Gasteiger charge is -2.11. The van der Waals surface area contributed by atoms with Gasteiger partial charge in [-0.3, -0.25) is 4.99 Å². The first-order valence-electron chi connectivity index (χ1n) is 9.00. The van der Waals surface area contributed by atoms with Crippen molar-refractivity contribution in [1.82, 2.24) is 15.0 Å². The monoisotopic (exact) mass is 366 g/mol. The summed E-state index contributed by atoms with van der Waals surface area (Å²) in [7, 11) is 0. The molecule has 4 rings (SSSR count). The minimum absolute atomic E-state index is 0.569. The van der Waals surface area contributed by atoms with E-state index in [1.165, 1.54) is 5.56 Å². The maximum atomic E-state index is 9.15.